The van der Waals surface area contributed by atoms with Crippen molar-refractivity contribution < 1.29 is 9.90 Å². The molecule has 1 amide bonds. The first-order valence-electron chi connectivity index (χ1n) is 5.56. The molecule has 1 unspecified atom stereocenters. The average Bonchev–Trinajstić information content (AvgIpc) is 2.28. The third kappa shape index (κ3) is 4.56. The van der Waals surface area contributed by atoms with Gasteiger partial charge in [0.2, 0.25) is 5.91 Å². The Morgan fingerprint density at radius 2 is 2.24 bits per heavy atom. The van der Waals surface area contributed by atoms with Gasteiger partial charge in [0, 0.05) is 12.5 Å². The minimum absolute atomic E-state index is 0.101. The first-order chi connectivity index (χ1) is 8.13. The standard InChI is InChI=1S/C13H16N2O2/c1-10(8-9-14)15-13(17)7-6-11-4-2-3-5-12(11)16/h2-5,10,16H,6-8H2,1H3,(H,15,17). The summed E-state index contributed by atoms with van der Waals surface area (Å²) in [7, 11) is 0. The number of nitrogens with zero attached hydrogens (tertiary/aromatic N) is 1. The van der Waals surface area contributed by atoms with Gasteiger partial charge < -0.3 is 10.4 Å². The summed E-state index contributed by atoms with van der Waals surface area (Å²) in [5.74, 6) is 0.112. The number of aryl methyl sites for hydroxylation is 1. The van der Waals surface area contributed by atoms with Crippen molar-refractivity contribution in [3.63, 3.8) is 0 Å². The molecule has 0 bridgehead atoms. The van der Waals surface area contributed by atoms with Crippen LogP contribution in [0.25, 0.3) is 0 Å². The fraction of sp³-hybridized carbons (Fsp3) is 0.385. The molecule has 0 fully saturated rings. The van der Waals surface area contributed by atoms with Crippen molar-refractivity contribution in [2.24, 2.45) is 0 Å². The molecular formula is C13H16N2O2. The highest BCUT2D eigenvalue weighted by Gasteiger charge is 2.08. The van der Waals surface area contributed by atoms with Crippen molar-refractivity contribution in [3.05, 3.63) is 29.8 Å². The molecule has 0 saturated heterocycles. The first-order valence-corrected chi connectivity index (χ1v) is 5.56. The molecule has 0 aliphatic carbocycles. The van der Waals surface area contributed by atoms with Crippen molar-refractivity contribution in [1.82, 2.24) is 5.32 Å². The van der Waals surface area contributed by atoms with E-state index >= 15 is 0 Å². The Labute approximate surface area is 101 Å². The van der Waals surface area contributed by atoms with Crippen LogP contribution in [0.4, 0.5) is 0 Å². The maximum absolute atomic E-state index is 11.5. The number of nitriles is 1. The van der Waals surface area contributed by atoms with Gasteiger partial charge in [-0.2, -0.15) is 5.26 Å². The maximum atomic E-state index is 11.5. The molecule has 4 nitrogen and oxygen atoms in total. The van der Waals surface area contributed by atoms with Crippen molar-refractivity contribution in [2.75, 3.05) is 0 Å². The molecule has 1 aromatic rings. The summed E-state index contributed by atoms with van der Waals surface area (Å²) in [6, 6.07) is 8.84. The highest BCUT2D eigenvalue weighted by molar-refractivity contribution is 5.76. The van der Waals surface area contributed by atoms with Gasteiger partial charge in [0.05, 0.1) is 12.5 Å². The van der Waals surface area contributed by atoms with Crippen LogP contribution < -0.4 is 5.32 Å². The quantitative estimate of drug-likeness (QED) is 0.812. The van der Waals surface area contributed by atoms with Gasteiger partial charge in [-0.15, -0.1) is 0 Å². The Bertz CT molecular complexity index is 424. The van der Waals surface area contributed by atoms with E-state index in [0.717, 1.165) is 5.56 Å². The van der Waals surface area contributed by atoms with Crippen LogP contribution in [0, 0.1) is 11.3 Å². The molecule has 17 heavy (non-hydrogen) atoms. The average molecular weight is 232 g/mol. The minimum Gasteiger partial charge on any atom is -0.508 e. The summed E-state index contributed by atoms with van der Waals surface area (Å²) < 4.78 is 0. The number of benzene rings is 1. The Balaban J connectivity index is 2.39. The lowest BCUT2D eigenvalue weighted by Crippen LogP contribution is -2.32. The highest BCUT2D eigenvalue weighted by Crippen LogP contribution is 2.17. The summed E-state index contributed by atoms with van der Waals surface area (Å²) in [6.45, 7) is 1.79. The van der Waals surface area contributed by atoms with Crippen LogP contribution in [0.1, 0.15) is 25.3 Å². The molecule has 2 N–H and O–H groups in total. The Hall–Kier alpha value is -2.02. The molecule has 0 aliphatic rings. The van der Waals surface area contributed by atoms with Crippen LogP contribution in [0.5, 0.6) is 5.75 Å². The third-order valence-electron chi connectivity index (χ3n) is 2.42. The molecule has 0 aliphatic heterocycles. The predicted molar refractivity (Wildman–Crippen MR) is 64.3 cm³/mol. The lowest BCUT2D eigenvalue weighted by atomic mass is 10.1. The molecule has 0 spiro atoms. The molecule has 1 rings (SSSR count). The normalized spacial score (nSPS) is 11.5. The van der Waals surface area contributed by atoms with E-state index in [1.807, 2.05) is 12.1 Å². The zero-order chi connectivity index (χ0) is 12.7. The van der Waals surface area contributed by atoms with Crippen molar-refractivity contribution in [1.29, 1.82) is 5.26 Å². The topological polar surface area (TPSA) is 73.1 Å². The fourth-order valence-electron chi connectivity index (χ4n) is 1.51. The van der Waals surface area contributed by atoms with Gasteiger partial charge in [-0.05, 0) is 25.0 Å². The second kappa shape index (κ2) is 6.54. The molecule has 0 radical (unpaired) electrons. The second-order valence-corrected chi connectivity index (χ2v) is 3.96. The minimum atomic E-state index is -0.128. The van der Waals surface area contributed by atoms with Crippen LogP contribution in [-0.2, 0) is 11.2 Å². The molecule has 0 saturated carbocycles. The van der Waals surface area contributed by atoms with E-state index in [-0.39, 0.29) is 17.7 Å². The zero-order valence-corrected chi connectivity index (χ0v) is 9.81. The largest absolute Gasteiger partial charge is 0.508 e. The number of hydrogen-bond donors (Lipinski definition) is 2. The van der Waals surface area contributed by atoms with Crippen molar-refractivity contribution in [2.45, 2.75) is 32.2 Å². The molecule has 4 heteroatoms. The number of carbonyl (C=O) groups excluding carboxylic acids is 1. The van der Waals surface area contributed by atoms with Gasteiger partial charge >= 0.3 is 0 Å². The van der Waals surface area contributed by atoms with Gasteiger partial charge in [-0.3, -0.25) is 4.79 Å². The molecule has 0 aromatic heterocycles. The van der Waals surface area contributed by atoms with E-state index < -0.39 is 0 Å². The van der Waals surface area contributed by atoms with Gasteiger partial charge in [0.25, 0.3) is 0 Å². The summed E-state index contributed by atoms with van der Waals surface area (Å²) in [5.41, 5.74) is 0.760. The van der Waals surface area contributed by atoms with Gasteiger partial charge in [0.1, 0.15) is 5.75 Å². The maximum Gasteiger partial charge on any atom is 0.220 e. The lowest BCUT2D eigenvalue weighted by molar-refractivity contribution is -0.121. The van der Waals surface area contributed by atoms with E-state index in [9.17, 15) is 9.90 Å². The van der Waals surface area contributed by atoms with Crippen LogP contribution in [-0.4, -0.2) is 17.1 Å². The highest BCUT2D eigenvalue weighted by atomic mass is 16.3. The number of carbonyl (C=O) groups is 1. The second-order valence-electron chi connectivity index (χ2n) is 3.96. The van der Waals surface area contributed by atoms with Gasteiger partial charge in [-0.25, -0.2) is 0 Å². The van der Waals surface area contributed by atoms with Crippen LogP contribution in [0.2, 0.25) is 0 Å². The number of rotatable bonds is 5. The van der Waals surface area contributed by atoms with E-state index in [1.54, 1.807) is 25.1 Å². The van der Waals surface area contributed by atoms with E-state index in [0.29, 0.717) is 19.3 Å². The van der Waals surface area contributed by atoms with Crippen LogP contribution >= 0.6 is 0 Å². The summed E-state index contributed by atoms with van der Waals surface area (Å²) in [5, 5.41) is 20.7. The zero-order valence-electron chi connectivity index (χ0n) is 9.81. The monoisotopic (exact) mass is 232 g/mol. The molecular weight excluding hydrogens is 216 g/mol. The van der Waals surface area contributed by atoms with Gasteiger partial charge in [0.15, 0.2) is 0 Å². The number of phenols is 1. The van der Waals surface area contributed by atoms with Crippen LogP contribution in [0.15, 0.2) is 24.3 Å². The van der Waals surface area contributed by atoms with E-state index in [4.69, 9.17) is 5.26 Å². The SMILES string of the molecule is CC(CC#N)NC(=O)CCc1ccccc1O. The lowest BCUT2D eigenvalue weighted by Gasteiger charge is -2.10. The van der Waals surface area contributed by atoms with Crippen molar-refractivity contribution in [3.8, 4) is 11.8 Å². The van der Waals surface area contributed by atoms with Gasteiger partial charge in [-0.1, -0.05) is 18.2 Å². The van der Waals surface area contributed by atoms with Crippen molar-refractivity contribution >= 4 is 5.91 Å². The Morgan fingerprint density at radius 1 is 1.53 bits per heavy atom. The number of phenolic OH excluding ortho intramolecular Hbond substituents is 1. The number of nitrogens with one attached hydrogen (secondary N) is 1. The molecule has 1 atom stereocenters. The molecule has 0 heterocycles. The third-order valence-corrected chi connectivity index (χ3v) is 2.42. The number of para-hydroxylation sites is 1. The Morgan fingerprint density at radius 3 is 2.88 bits per heavy atom. The predicted octanol–water partition coefficient (Wildman–Crippen LogP) is 1.74. The molecule has 90 valence electrons. The smallest absolute Gasteiger partial charge is 0.220 e. The van der Waals surface area contributed by atoms with Crippen LogP contribution in [0.3, 0.4) is 0 Å². The number of aromatic hydroxyl groups is 1. The number of amides is 1. The Kier molecular flexibility index (Phi) is 5.02. The summed E-state index contributed by atoms with van der Waals surface area (Å²) in [4.78, 5) is 11.5. The van der Waals surface area contributed by atoms with E-state index in [1.165, 1.54) is 0 Å². The first kappa shape index (κ1) is 13.0. The van der Waals surface area contributed by atoms with E-state index in [2.05, 4.69) is 5.32 Å². The summed E-state index contributed by atoms with van der Waals surface area (Å²) >= 11 is 0. The summed E-state index contributed by atoms with van der Waals surface area (Å²) in [6.07, 6.45) is 1.12. The molecule has 1 aromatic carbocycles. The fourth-order valence-corrected chi connectivity index (χ4v) is 1.51. The number of hydrogen-bond acceptors (Lipinski definition) is 3.